The van der Waals surface area contributed by atoms with Crippen molar-refractivity contribution in [3.63, 3.8) is 0 Å². The summed E-state index contributed by atoms with van der Waals surface area (Å²) in [7, 11) is 0. The van der Waals surface area contributed by atoms with E-state index >= 15 is 0 Å². The number of anilines is 1. The molecule has 212 valence electrons. The number of ether oxygens (including phenoxy) is 1. The molecule has 3 saturated heterocycles. The number of alkyl halides is 1. The average Bonchev–Trinajstić information content (AvgIpc) is 3.53. The van der Waals surface area contributed by atoms with Crippen LogP contribution in [0.5, 0.6) is 0 Å². The van der Waals surface area contributed by atoms with Crippen molar-refractivity contribution < 1.29 is 24.2 Å². The molecule has 0 aromatic heterocycles. The number of aliphatic hydroxyl groups excluding tert-OH is 1. The van der Waals surface area contributed by atoms with Crippen LogP contribution >= 0.6 is 27.7 Å². The van der Waals surface area contributed by atoms with Crippen LogP contribution in [0.3, 0.4) is 0 Å². The first-order valence-electron chi connectivity index (χ1n) is 13.6. The van der Waals surface area contributed by atoms with E-state index in [1.54, 1.807) is 27.6 Å². The number of carbonyl (C=O) groups excluding carboxylic acids is 3. The standard InChI is InChI=1S/C31H35BrN2O5S/c1-5-13-33(21-12-11-19-9-7-8-10-20(19)15-21)29(37)27-31-16-22(32)26(40-31)24(30(38)39-14-6-2)25(31)28(36)34(27)23(17-35)18(3)4/h5-12,15,18,22-27,35H,1-2,13-14,16-17H2,3-4H3/t22?,23-,24-,25-,26-,27?,31?/m0/s1. The summed E-state index contributed by atoms with van der Waals surface area (Å²) in [4.78, 5) is 45.7. The second-order valence-corrected chi connectivity index (χ2v) is 13.8. The van der Waals surface area contributed by atoms with E-state index < -0.39 is 34.6 Å². The summed E-state index contributed by atoms with van der Waals surface area (Å²) in [6, 6.07) is 12.4. The summed E-state index contributed by atoms with van der Waals surface area (Å²) in [6.45, 7) is 11.4. The van der Waals surface area contributed by atoms with Gasteiger partial charge in [-0.2, -0.15) is 0 Å². The molecule has 2 amide bonds. The fraction of sp³-hybridized carbons (Fsp3) is 0.452. The lowest BCUT2D eigenvalue weighted by Crippen LogP contribution is -2.59. The van der Waals surface area contributed by atoms with Gasteiger partial charge in [0.25, 0.3) is 5.91 Å². The number of benzene rings is 2. The van der Waals surface area contributed by atoms with Crippen molar-refractivity contribution in [2.75, 3.05) is 24.7 Å². The summed E-state index contributed by atoms with van der Waals surface area (Å²) < 4.78 is 4.63. The van der Waals surface area contributed by atoms with Gasteiger partial charge in [-0.05, 0) is 35.2 Å². The lowest BCUT2D eigenvalue weighted by atomic mass is 9.71. The lowest BCUT2D eigenvalue weighted by molar-refractivity contribution is -0.153. The first kappa shape index (κ1) is 28.9. The fourth-order valence-electron chi connectivity index (χ4n) is 6.77. The van der Waals surface area contributed by atoms with E-state index in [0.717, 1.165) is 10.8 Å². The number of esters is 1. The third-order valence-electron chi connectivity index (χ3n) is 8.51. The molecular weight excluding hydrogens is 592 g/mol. The second-order valence-electron chi connectivity index (χ2n) is 11.1. The monoisotopic (exact) mass is 626 g/mol. The van der Waals surface area contributed by atoms with E-state index in [1.807, 2.05) is 56.3 Å². The number of rotatable bonds is 10. The van der Waals surface area contributed by atoms with Gasteiger partial charge >= 0.3 is 5.97 Å². The van der Waals surface area contributed by atoms with Crippen molar-refractivity contribution in [2.45, 2.75) is 47.2 Å². The first-order valence-corrected chi connectivity index (χ1v) is 15.4. The van der Waals surface area contributed by atoms with E-state index in [-0.39, 0.29) is 47.6 Å². The molecular formula is C31H35BrN2O5S. The quantitative estimate of drug-likeness (QED) is 0.236. The van der Waals surface area contributed by atoms with Crippen LogP contribution in [0.15, 0.2) is 67.8 Å². The van der Waals surface area contributed by atoms with Crippen molar-refractivity contribution in [1.29, 1.82) is 0 Å². The van der Waals surface area contributed by atoms with Crippen LogP contribution in [0.1, 0.15) is 20.3 Å². The lowest BCUT2D eigenvalue weighted by Gasteiger charge is -2.41. The van der Waals surface area contributed by atoms with Crippen LogP contribution in [0.2, 0.25) is 0 Å². The highest BCUT2D eigenvalue weighted by Crippen LogP contribution is 2.68. The van der Waals surface area contributed by atoms with Crippen LogP contribution in [-0.2, 0) is 19.1 Å². The molecule has 2 bridgehead atoms. The van der Waals surface area contributed by atoms with E-state index in [9.17, 15) is 19.5 Å². The molecule has 1 spiro atoms. The highest BCUT2D eigenvalue weighted by molar-refractivity contribution is 9.09. The maximum Gasteiger partial charge on any atom is 0.311 e. The number of nitrogens with zero attached hydrogens (tertiary/aromatic N) is 2. The maximum absolute atomic E-state index is 14.8. The third-order valence-corrected chi connectivity index (χ3v) is 11.7. The number of fused-ring (bicyclic) bond motifs is 2. The summed E-state index contributed by atoms with van der Waals surface area (Å²) >= 11 is 5.33. The number of hydrogen-bond acceptors (Lipinski definition) is 6. The van der Waals surface area contributed by atoms with Gasteiger partial charge in [-0.25, -0.2) is 0 Å². The molecule has 3 aliphatic heterocycles. The Bertz CT molecular complexity index is 1350. The second kappa shape index (κ2) is 11.3. The Morgan fingerprint density at radius 1 is 1.23 bits per heavy atom. The number of carbonyl (C=O) groups is 3. The van der Waals surface area contributed by atoms with Gasteiger partial charge in [-0.15, -0.1) is 18.3 Å². The average molecular weight is 628 g/mol. The maximum atomic E-state index is 14.8. The highest BCUT2D eigenvalue weighted by Gasteiger charge is 2.76. The summed E-state index contributed by atoms with van der Waals surface area (Å²) in [6.07, 6.45) is 3.73. The van der Waals surface area contributed by atoms with Gasteiger partial charge in [0, 0.05) is 22.3 Å². The minimum atomic E-state index is -0.872. The highest BCUT2D eigenvalue weighted by atomic mass is 79.9. The van der Waals surface area contributed by atoms with Crippen LogP contribution in [-0.4, -0.2) is 74.5 Å². The third kappa shape index (κ3) is 4.50. The largest absolute Gasteiger partial charge is 0.461 e. The van der Waals surface area contributed by atoms with Crippen LogP contribution in [0.4, 0.5) is 5.69 Å². The number of amides is 2. The zero-order valence-corrected chi connectivity index (χ0v) is 25.1. The molecule has 3 unspecified atom stereocenters. The molecule has 5 rings (SSSR count). The smallest absolute Gasteiger partial charge is 0.311 e. The zero-order valence-electron chi connectivity index (χ0n) is 22.7. The van der Waals surface area contributed by atoms with Crippen molar-refractivity contribution >= 4 is 61.9 Å². The predicted octanol–water partition coefficient (Wildman–Crippen LogP) is 4.57. The molecule has 3 fully saturated rings. The molecule has 40 heavy (non-hydrogen) atoms. The van der Waals surface area contributed by atoms with E-state index in [4.69, 9.17) is 4.74 Å². The zero-order chi connectivity index (χ0) is 28.8. The molecule has 2 aromatic rings. The first-order chi connectivity index (χ1) is 19.2. The van der Waals surface area contributed by atoms with Gasteiger partial charge in [-0.3, -0.25) is 14.4 Å². The predicted molar refractivity (Wildman–Crippen MR) is 162 cm³/mol. The summed E-state index contributed by atoms with van der Waals surface area (Å²) in [5.74, 6) is -2.48. The SMILES string of the molecule is C=CCOC(=O)[C@H]1[C@H]2C(=O)N([C@@H](CO)C(C)C)C(C(=O)N(CC=C)c3ccc4ccccc4c3)C23CC(Br)[C@@H]1S3. The van der Waals surface area contributed by atoms with Crippen molar-refractivity contribution in [3.05, 3.63) is 67.8 Å². The Morgan fingerprint density at radius 2 is 1.95 bits per heavy atom. The van der Waals surface area contributed by atoms with Gasteiger partial charge < -0.3 is 19.6 Å². The number of aliphatic hydroxyl groups is 1. The van der Waals surface area contributed by atoms with Gasteiger partial charge in [-0.1, -0.05) is 78.8 Å². The Hall–Kier alpha value is -2.62. The normalized spacial score (nSPS) is 29.5. The number of hydrogen-bond donors (Lipinski definition) is 1. The van der Waals surface area contributed by atoms with E-state index in [2.05, 4.69) is 29.1 Å². The van der Waals surface area contributed by atoms with Crippen LogP contribution < -0.4 is 4.90 Å². The van der Waals surface area contributed by atoms with E-state index in [1.165, 1.54) is 6.08 Å². The molecule has 3 heterocycles. The molecule has 2 aromatic carbocycles. The minimum Gasteiger partial charge on any atom is -0.461 e. The Morgan fingerprint density at radius 3 is 2.60 bits per heavy atom. The van der Waals surface area contributed by atoms with Crippen LogP contribution in [0, 0.1) is 17.8 Å². The number of likely N-dealkylation sites (tertiary alicyclic amines) is 1. The minimum absolute atomic E-state index is 0.0555. The molecule has 7 atom stereocenters. The van der Waals surface area contributed by atoms with Gasteiger partial charge in [0.2, 0.25) is 5.91 Å². The van der Waals surface area contributed by atoms with Crippen molar-refractivity contribution in [1.82, 2.24) is 4.90 Å². The van der Waals surface area contributed by atoms with Gasteiger partial charge in [0.1, 0.15) is 12.6 Å². The number of halogens is 1. The molecule has 0 radical (unpaired) electrons. The molecule has 1 N–H and O–H groups in total. The van der Waals surface area contributed by atoms with Crippen molar-refractivity contribution in [3.8, 4) is 0 Å². The molecule has 7 nitrogen and oxygen atoms in total. The molecule has 3 aliphatic rings. The summed E-state index contributed by atoms with van der Waals surface area (Å²) in [5, 5.41) is 12.3. The fourth-order valence-corrected chi connectivity index (χ4v) is 10.4. The Kier molecular flexibility index (Phi) is 8.19. The van der Waals surface area contributed by atoms with Gasteiger partial charge in [0.05, 0.1) is 29.2 Å². The molecule has 9 heteroatoms. The number of thioether (sulfide) groups is 1. The van der Waals surface area contributed by atoms with Gasteiger partial charge in [0.15, 0.2) is 0 Å². The van der Waals surface area contributed by atoms with Crippen molar-refractivity contribution in [2.24, 2.45) is 17.8 Å². The topological polar surface area (TPSA) is 87.1 Å². The van der Waals surface area contributed by atoms with Crippen LogP contribution in [0.25, 0.3) is 10.8 Å². The summed E-state index contributed by atoms with van der Waals surface area (Å²) in [5.41, 5.74) is 0.704. The van der Waals surface area contributed by atoms with E-state index in [0.29, 0.717) is 12.1 Å². The Labute approximate surface area is 247 Å². The molecule has 0 aliphatic carbocycles. The molecule has 0 saturated carbocycles. The Balaban J connectivity index is 1.63.